The molecule has 1 aromatic carbocycles. The summed E-state index contributed by atoms with van der Waals surface area (Å²) in [5, 5.41) is 0. The van der Waals surface area contributed by atoms with E-state index in [0.29, 0.717) is 0 Å². The maximum absolute atomic E-state index is 12.1. The zero-order valence-corrected chi connectivity index (χ0v) is 12.8. The number of hydrogen-bond donors (Lipinski definition) is 0. The first-order chi connectivity index (χ1) is 7.58. The van der Waals surface area contributed by atoms with Crippen molar-refractivity contribution in [1.29, 1.82) is 0 Å². The normalized spacial score (nSPS) is 18.0. The number of allylic oxidation sites excluding steroid dienone is 4. The number of halogens is 2. The van der Waals surface area contributed by atoms with E-state index in [1.165, 1.54) is 0 Å². The number of ketones is 1. The largest absolute Gasteiger partial charge is 0.289 e. The molecule has 0 heterocycles. The van der Waals surface area contributed by atoms with Crippen molar-refractivity contribution in [3.8, 4) is 0 Å². The minimum Gasteiger partial charge on any atom is -0.289 e. The Hall–Kier alpha value is -0.170. The maximum Gasteiger partial charge on any atom is 0.192 e. The van der Waals surface area contributed by atoms with Crippen molar-refractivity contribution in [2.24, 2.45) is 0 Å². The van der Waals surface area contributed by atoms with E-state index in [-0.39, 0.29) is 7.21 Å². The van der Waals surface area contributed by atoms with Crippen LogP contribution in [0.5, 0.6) is 0 Å². The van der Waals surface area contributed by atoms with Crippen molar-refractivity contribution >= 4 is 51.0 Å². The molecule has 1 aliphatic rings. The average Bonchev–Trinajstić information content (AvgIpc) is 2.29. The van der Waals surface area contributed by atoms with Gasteiger partial charge in [0, 0.05) is 11.1 Å². The SMILES string of the molecule is O=C(C1=CCC(I)(I)C=C1)c1ccccc1. The van der Waals surface area contributed by atoms with Gasteiger partial charge in [0.25, 0.3) is 0 Å². The minimum atomic E-state index is 0.111. The fourth-order valence-electron chi connectivity index (χ4n) is 1.52. The van der Waals surface area contributed by atoms with Gasteiger partial charge in [0.05, 0.1) is 1.43 Å². The summed E-state index contributed by atoms with van der Waals surface area (Å²) in [4.78, 5) is 12.1. The molecule has 0 aliphatic heterocycles. The summed E-state index contributed by atoms with van der Waals surface area (Å²) < 4.78 is 0.121. The van der Waals surface area contributed by atoms with Gasteiger partial charge in [-0.15, -0.1) is 0 Å². The van der Waals surface area contributed by atoms with Crippen LogP contribution in [0.15, 0.2) is 54.1 Å². The van der Waals surface area contributed by atoms with Crippen LogP contribution in [0.25, 0.3) is 0 Å². The number of benzene rings is 1. The molecule has 1 nitrogen and oxygen atoms in total. The highest BCUT2D eigenvalue weighted by Gasteiger charge is 2.22. The quantitative estimate of drug-likeness (QED) is 0.384. The first kappa shape index (κ1) is 12.3. The Morgan fingerprint density at radius 1 is 1.19 bits per heavy atom. The Kier molecular flexibility index (Phi) is 3.84. The molecular formula is C13H10I2O. The Balaban J connectivity index is 2.20. The molecular weight excluding hydrogens is 426 g/mol. The van der Waals surface area contributed by atoms with E-state index >= 15 is 0 Å². The van der Waals surface area contributed by atoms with E-state index in [1.54, 1.807) is 0 Å². The summed E-state index contributed by atoms with van der Waals surface area (Å²) in [6, 6.07) is 9.41. The van der Waals surface area contributed by atoms with Gasteiger partial charge in [0.1, 0.15) is 0 Å². The van der Waals surface area contributed by atoms with E-state index in [4.69, 9.17) is 0 Å². The summed E-state index contributed by atoms with van der Waals surface area (Å²) in [5.74, 6) is 0.111. The minimum absolute atomic E-state index is 0.111. The molecule has 82 valence electrons. The molecule has 0 radical (unpaired) electrons. The van der Waals surface area contributed by atoms with E-state index in [9.17, 15) is 4.79 Å². The second-order valence-electron chi connectivity index (χ2n) is 3.65. The smallest absolute Gasteiger partial charge is 0.192 e. The third kappa shape index (κ3) is 2.94. The highest BCUT2D eigenvalue weighted by atomic mass is 127. The molecule has 16 heavy (non-hydrogen) atoms. The van der Waals surface area contributed by atoms with Gasteiger partial charge in [-0.25, -0.2) is 0 Å². The van der Waals surface area contributed by atoms with E-state index in [0.717, 1.165) is 17.6 Å². The lowest BCUT2D eigenvalue weighted by molar-refractivity contribution is 0.103. The highest BCUT2D eigenvalue weighted by molar-refractivity contribution is 14.2. The zero-order valence-electron chi connectivity index (χ0n) is 8.49. The molecule has 1 aliphatic carbocycles. The van der Waals surface area contributed by atoms with Crippen LogP contribution in [0.3, 0.4) is 0 Å². The number of rotatable bonds is 2. The lowest BCUT2D eigenvalue weighted by Gasteiger charge is -2.18. The Morgan fingerprint density at radius 2 is 1.88 bits per heavy atom. The number of hydrogen-bond acceptors (Lipinski definition) is 1. The van der Waals surface area contributed by atoms with Crippen LogP contribution in [-0.4, -0.2) is 7.21 Å². The van der Waals surface area contributed by atoms with Gasteiger partial charge in [-0.3, -0.25) is 4.79 Å². The number of alkyl halides is 2. The van der Waals surface area contributed by atoms with Crippen molar-refractivity contribution in [2.75, 3.05) is 0 Å². The molecule has 0 spiro atoms. The van der Waals surface area contributed by atoms with Crippen LogP contribution in [0.1, 0.15) is 16.8 Å². The molecule has 0 saturated carbocycles. The van der Waals surface area contributed by atoms with Crippen molar-refractivity contribution in [1.82, 2.24) is 0 Å². The molecule has 0 fully saturated rings. The lowest BCUT2D eigenvalue weighted by atomic mass is 9.98. The van der Waals surface area contributed by atoms with Gasteiger partial charge in [0.15, 0.2) is 5.78 Å². The van der Waals surface area contributed by atoms with E-state index in [2.05, 4.69) is 51.3 Å². The molecule has 0 N–H and O–H groups in total. The standard InChI is InChI=1S/C13H10I2O/c14-13(15)8-6-11(7-9-13)12(16)10-4-2-1-3-5-10/h1-8H,9H2. The second-order valence-corrected chi connectivity index (χ2v) is 9.57. The van der Waals surface area contributed by atoms with Crippen molar-refractivity contribution in [3.63, 3.8) is 0 Å². The maximum atomic E-state index is 12.1. The fourth-order valence-corrected chi connectivity index (χ4v) is 2.32. The highest BCUT2D eigenvalue weighted by Crippen LogP contribution is 2.37. The average molecular weight is 436 g/mol. The van der Waals surface area contributed by atoms with Gasteiger partial charge in [0.2, 0.25) is 0 Å². The third-order valence-electron chi connectivity index (χ3n) is 2.40. The zero-order chi connectivity index (χ0) is 11.6. The van der Waals surface area contributed by atoms with E-state index < -0.39 is 0 Å². The van der Waals surface area contributed by atoms with Crippen molar-refractivity contribution in [3.05, 3.63) is 59.7 Å². The molecule has 2 rings (SSSR count). The Bertz CT molecular complexity index is 458. The molecule has 0 aromatic heterocycles. The van der Waals surface area contributed by atoms with Gasteiger partial charge in [-0.05, 0) is 6.42 Å². The Labute approximate surface area is 122 Å². The van der Waals surface area contributed by atoms with Gasteiger partial charge in [-0.2, -0.15) is 0 Å². The summed E-state index contributed by atoms with van der Waals surface area (Å²) in [5.41, 5.74) is 1.56. The summed E-state index contributed by atoms with van der Waals surface area (Å²) >= 11 is 4.77. The van der Waals surface area contributed by atoms with Crippen LogP contribution in [-0.2, 0) is 0 Å². The number of carbonyl (C=O) groups excluding carboxylic acids is 1. The fraction of sp³-hybridized carbons (Fsp3) is 0.154. The molecule has 0 amide bonds. The lowest BCUT2D eigenvalue weighted by Crippen LogP contribution is -2.12. The van der Waals surface area contributed by atoms with Crippen LogP contribution in [0.4, 0.5) is 0 Å². The molecule has 0 bridgehead atoms. The second kappa shape index (κ2) is 5.00. The monoisotopic (exact) mass is 436 g/mol. The molecule has 0 unspecified atom stereocenters. The topological polar surface area (TPSA) is 17.1 Å². The molecule has 3 heteroatoms. The molecule has 1 aromatic rings. The van der Waals surface area contributed by atoms with Crippen LogP contribution in [0, 0.1) is 0 Å². The van der Waals surface area contributed by atoms with Crippen LogP contribution < -0.4 is 0 Å². The predicted molar refractivity (Wildman–Crippen MR) is 83.4 cm³/mol. The van der Waals surface area contributed by atoms with Gasteiger partial charge in [-0.1, -0.05) is 93.7 Å². The number of carbonyl (C=O) groups is 1. The third-order valence-corrected chi connectivity index (χ3v) is 4.00. The predicted octanol–water partition coefficient (Wildman–Crippen LogP) is 4.32. The molecule has 0 atom stereocenters. The summed E-state index contributed by atoms with van der Waals surface area (Å²) in [6.45, 7) is 0. The van der Waals surface area contributed by atoms with Crippen LogP contribution in [0.2, 0.25) is 0 Å². The van der Waals surface area contributed by atoms with Crippen molar-refractivity contribution in [2.45, 2.75) is 7.85 Å². The van der Waals surface area contributed by atoms with Gasteiger partial charge < -0.3 is 0 Å². The molecule has 0 saturated heterocycles. The Morgan fingerprint density at radius 3 is 2.44 bits per heavy atom. The summed E-state index contributed by atoms with van der Waals surface area (Å²) in [6.07, 6.45) is 6.94. The first-order valence-corrected chi connectivity index (χ1v) is 7.11. The number of Topliss-reactive ketones (excluding diaryl/α,β-unsaturated/α-hetero) is 1. The van der Waals surface area contributed by atoms with E-state index in [1.807, 2.05) is 42.5 Å². The first-order valence-electron chi connectivity index (χ1n) is 4.95. The van der Waals surface area contributed by atoms with Gasteiger partial charge >= 0.3 is 0 Å². The van der Waals surface area contributed by atoms with Crippen molar-refractivity contribution < 1.29 is 4.79 Å². The summed E-state index contributed by atoms with van der Waals surface area (Å²) in [7, 11) is 0. The van der Waals surface area contributed by atoms with Crippen LogP contribution >= 0.6 is 45.2 Å².